The molecule has 0 fully saturated rings. The van der Waals surface area contributed by atoms with Crippen LogP contribution in [0, 0.1) is 0 Å². The second-order valence-electron chi connectivity index (χ2n) is 5.20. The maximum atomic E-state index is 12.2. The van der Waals surface area contributed by atoms with Crippen LogP contribution in [0.3, 0.4) is 0 Å². The SMILES string of the molecule is CC(c1ccc(Cl)cc1)N(C)C(=O)C(N)CCS(C)(=O)=O. The molecule has 1 aromatic rings. The topological polar surface area (TPSA) is 80.5 Å². The van der Waals surface area contributed by atoms with Crippen molar-refractivity contribution in [1.82, 2.24) is 4.90 Å². The van der Waals surface area contributed by atoms with Crippen LogP contribution in [-0.4, -0.2) is 44.3 Å². The highest BCUT2D eigenvalue weighted by molar-refractivity contribution is 7.90. The van der Waals surface area contributed by atoms with E-state index in [1.165, 1.54) is 4.90 Å². The van der Waals surface area contributed by atoms with E-state index in [1.807, 2.05) is 19.1 Å². The zero-order chi connectivity index (χ0) is 16.2. The molecule has 1 aromatic carbocycles. The Labute approximate surface area is 131 Å². The molecule has 0 aliphatic carbocycles. The lowest BCUT2D eigenvalue weighted by atomic mass is 10.1. The van der Waals surface area contributed by atoms with Crippen LogP contribution in [0.15, 0.2) is 24.3 Å². The van der Waals surface area contributed by atoms with Crippen LogP contribution in [0.1, 0.15) is 24.9 Å². The summed E-state index contributed by atoms with van der Waals surface area (Å²) in [5, 5.41) is 0.629. The molecule has 0 aliphatic heterocycles. The normalized spacial score (nSPS) is 14.5. The number of hydrogen-bond acceptors (Lipinski definition) is 4. The third-order valence-corrected chi connectivity index (χ3v) is 4.63. The molecule has 2 atom stereocenters. The van der Waals surface area contributed by atoms with E-state index in [0.717, 1.165) is 11.8 Å². The van der Waals surface area contributed by atoms with E-state index >= 15 is 0 Å². The quantitative estimate of drug-likeness (QED) is 0.858. The molecule has 0 saturated carbocycles. The largest absolute Gasteiger partial charge is 0.338 e. The van der Waals surface area contributed by atoms with E-state index in [9.17, 15) is 13.2 Å². The summed E-state index contributed by atoms with van der Waals surface area (Å²) in [5.74, 6) is -0.371. The molecule has 7 heteroatoms. The average Bonchev–Trinajstić information content (AvgIpc) is 2.42. The first kappa shape index (κ1) is 17.9. The summed E-state index contributed by atoms with van der Waals surface area (Å²) < 4.78 is 22.2. The number of nitrogens with two attached hydrogens (primary N) is 1. The summed E-state index contributed by atoms with van der Waals surface area (Å²) in [6, 6.07) is 6.22. The molecule has 21 heavy (non-hydrogen) atoms. The minimum Gasteiger partial charge on any atom is -0.338 e. The number of rotatable bonds is 6. The van der Waals surface area contributed by atoms with Crippen molar-refractivity contribution >= 4 is 27.3 Å². The molecule has 0 spiro atoms. The molecule has 0 bridgehead atoms. The molecule has 0 radical (unpaired) electrons. The van der Waals surface area contributed by atoms with Crippen LogP contribution in [0.2, 0.25) is 5.02 Å². The third-order valence-electron chi connectivity index (χ3n) is 3.40. The molecule has 118 valence electrons. The molecule has 1 rings (SSSR count). The maximum Gasteiger partial charge on any atom is 0.239 e. The molecule has 2 unspecified atom stereocenters. The number of carbonyl (C=O) groups is 1. The number of nitrogens with zero attached hydrogens (tertiary/aromatic N) is 1. The van der Waals surface area contributed by atoms with Crippen molar-refractivity contribution < 1.29 is 13.2 Å². The molecular weight excluding hydrogens is 312 g/mol. The van der Waals surface area contributed by atoms with E-state index in [2.05, 4.69) is 0 Å². The smallest absolute Gasteiger partial charge is 0.239 e. The van der Waals surface area contributed by atoms with Gasteiger partial charge in [-0.15, -0.1) is 0 Å². The molecule has 2 N–H and O–H groups in total. The Kier molecular flexibility index (Phi) is 6.19. The Bertz CT molecular complexity index is 587. The Morgan fingerprint density at radius 1 is 1.33 bits per heavy atom. The van der Waals surface area contributed by atoms with Gasteiger partial charge in [0.1, 0.15) is 9.84 Å². The van der Waals surface area contributed by atoms with Gasteiger partial charge in [-0.05, 0) is 31.0 Å². The lowest BCUT2D eigenvalue weighted by Gasteiger charge is -2.28. The Balaban J connectivity index is 2.70. The number of benzene rings is 1. The number of amides is 1. The van der Waals surface area contributed by atoms with Crippen molar-refractivity contribution in [1.29, 1.82) is 0 Å². The van der Waals surface area contributed by atoms with Crippen LogP contribution in [0.4, 0.5) is 0 Å². The fourth-order valence-electron chi connectivity index (χ4n) is 1.88. The van der Waals surface area contributed by atoms with Gasteiger partial charge in [0.15, 0.2) is 0 Å². The Morgan fingerprint density at radius 2 is 1.86 bits per heavy atom. The van der Waals surface area contributed by atoms with E-state index < -0.39 is 15.9 Å². The fraction of sp³-hybridized carbons (Fsp3) is 0.500. The van der Waals surface area contributed by atoms with Gasteiger partial charge in [-0.2, -0.15) is 0 Å². The first-order valence-corrected chi connectivity index (χ1v) is 9.01. The van der Waals surface area contributed by atoms with Crippen LogP contribution < -0.4 is 5.73 Å². The van der Waals surface area contributed by atoms with Gasteiger partial charge in [-0.25, -0.2) is 8.42 Å². The number of hydrogen-bond donors (Lipinski definition) is 1. The number of carbonyl (C=O) groups excluding carboxylic acids is 1. The van der Waals surface area contributed by atoms with Gasteiger partial charge in [0.05, 0.1) is 17.8 Å². The van der Waals surface area contributed by atoms with E-state index in [1.54, 1.807) is 19.2 Å². The number of halogens is 1. The van der Waals surface area contributed by atoms with Gasteiger partial charge < -0.3 is 10.6 Å². The van der Waals surface area contributed by atoms with Gasteiger partial charge in [0, 0.05) is 18.3 Å². The predicted octanol–water partition coefficient (Wildman–Crippen LogP) is 1.62. The number of likely N-dealkylation sites (N-methyl/N-ethyl adjacent to an activating group) is 1. The third kappa shape index (κ3) is 5.65. The average molecular weight is 333 g/mol. The van der Waals surface area contributed by atoms with Crippen molar-refractivity contribution in [2.75, 3.05) is 19.1 Å². The highest BCUT2D eigenvalue weighted by atomic mass is 35.5. The summed E-state index contributed by atoms with van der Waals surface area (Å²) in [6.07, 6.45) is 1.25. The Morgan fingerprint density at radius 3 is 2.33 bits per heavy atom. The molecule has 0 aliphatic rings. The van der Waals surface area contributed by atoms with Gasteiger partial charge in [-0.3, -0.25) is 4.79 Å². The predicted molar refractivity (Wildman–Crippen MR) is 84.9 cm³/mol. The summed E-state index contributed by atoms with van der Waals surface area (Å²) in [6.45, 7) is 1.88. The van der Waals surface area contributed by atoms with Crippen molar-refractivity contribution in [2.45, 2.75) is 25.4 Å². The molecule has 0 saturated heterocycles. The summed E-state index contributed by atoms with van der Waals surface area (Å²) >= 11 is 5.84. The molecule has 0 aromatic heterocycles. The minimum atomic E-state index is -3.12. The zero-order valence-electron chi connectivity index (χ0n) is 12.4. The van der Waals surface area contributed by atoms with Crippen molar-refractivity contribution in [3.8, 4) is 0 Å². The molecule has 5 nitrogen and oxygen atoms in total. The summed E-state index contributed by atoms with van der Waals surface area (Å²) in [7, 11) is -1.47. The van der Waals surface area contributed by atoms with Gasteiger partial charge in [-0.1, -0.05) is 23.7 Å². The zero-order valence-corrected chi connectivity index (χ0v) is 14.0. The molecule has 0 heterocycles. The monoisotopic (exact) mass is 332 g/mol. The highest BCUT2D eigenvalue weighted by Gasteiger charge is 2.23. The number of sulfone groups is 1. The summed E-state index contributed by atoms with van der Waals surface area (Å²) in [4.78, 5) is 13.7. The maximum absolute atomic E-state index is 12.2. The molecule has 1 amide bonds. The van der Waals surface area contributed by atoms with Gasteiger partial charge >= 0.3 is 0 Å². The first-order chi connectivity index (χ1) is 9.61. The minimum absolute atomic E-state index is 0.0942. The second kappa shape index (κ2) is 7.24. The van der Waals surface area contributed by atoms with E-state index in [-0.39, 0.29) is 24.1 Å². The van der Waals surface area contributed by atoms with Crippen molar-refractivity contribution in [3.05, 3.63) is 34.9 Å². The van der Waals surface area contributed by atoms with Crippen LogP contribution in [-0.2, 0) is 14.6 Å². The van der Waals surface area contributed by atoms with Crippen LogP contribution in [0.25, 0.3) is 0 Å². The van der Waals surface area contributed by atoms with Crippen LogP contribution >= 0.6 is 11.6 Å². The fourth-order valence-corrected chi connectivity index (χ4v) is 2.69. The lowest BCUT2D eigenvalue weighted by molar-refractivity contribution is -0.133. The lowest BCUT2D eigenvalue weighted by Crippen LogP contribution is -2.43. The second-order valence-corrected chi connectivity index (χ2v) is 7.90. The molecular formula is C14H21ClN2O3S. The van der Waals surface area contributed by atoms with E-state index in [0.29, 0.717) is 5.02 Å². The van der Waals surface area contributed by atoms with Crippen molar-refractivity contribution in [2.24, 2.45) is 5.73 Å². The first-order valence-electron chi connectivity index (χ1n) is 6.57. The van der Waals surface area contributed by atoms with Gasteiger partial charge in [0.25, 0.3) is 0 Å². The Hall–Kier alpha value is -1.11. The van der Waals surface area contributed by atoms with E-state index in [4.69, 9.17) is 17.3 Å². The highest BCUT2D eigenvalue weighted by Crippen LogP contribution is 2.21. The summed E-state index contributed by atoms with van der Waals surface area (Å²) in [5.41, 5.74) is 6.72. The standard InChI is InChI=1S/C14H21ClN2O3S/c1-10(11-4-6-12(15)7-5-11)17(2)14(18)13(16)8-9-21(3,19)20/h4-7,10,13H,8-9,16H2,1-3H3. The van der Waals surface area contributed by atoms with Crippen molar-refractivity contribution in [3.63, 3.8) is 0 Å². The van der Waals surface area contributed by atoms with Gasteiger partial charge in [0.2, 0.25) is 5.91 Å². The van der Waals surface area contributed by atoms with Crippen LogP contribution in [0.5, 0.6) is 0 Å².